The van der Waals surface area contributed by atoms with Crippen LogP contribution < -0.4 is 9.47 Å². The number of hydrogen-bond donors (Lipinski definition) is 1. The molecule has 3 aliphatic heterocycles. The maximum absolute atomic E-state index is 14.2. The minimum absolute atomic E-state index is 0.0911. The zero-order chi connectivity index (χ0) is 28.8. The Morgan fingerprint density at radius 3 is 1.93 bits per heavy atom. The summed E-state index contributed by atoms with van der Waals surface area (Å²) in [7, 11) is 1.87. The van der Waals surface area contributed by atoms with E-state index in [2.05, 4.69) is 13.8 Å². The predicted molar refractivity (Wildman–Crippen MR) is 157 cm³/mol. The largest absolute Gasteiger partial charge is 0.491 e. The second-order valence-electron chi connectivity index (χ2n) is 11.8. The number of rotatable bonds is 16. The molecular weight excluding hydrogens is 520 g/mol. The first-order chi connectivity index (χ1) is 19.9. The first-order valence-corrected chi connectivity index (χ1v) is 15.3. The lowest BCUT2D eigenvalue weighted by molar-refractivity contribution is -0.167. The van der Waals surface area contributed by atoms with Gasteiger partial charge in [0.1, 0.15) is 43.1 Å². The van der Waals surface area contributed by atoms with Crippen molar-refractivity contribution in [2.24, 2.45) is 5.92 Å². The standard InChI is InChI=1S/C33H46N2O6/c1-4-6-7-23(5-2)18-35-31(17-25-10-14-27(15-11-25)39-20-29-22-41-29)32(36)34(3)30(33(35)37)16-24-8-12-26(13-9-24)38-19-28-21-40-28/h8-15,23,28-32,36H,4-7,16-22H2,1-3H3/t23?,28?,29?,30-,31+,32?/m1/s1. The molecule has 0 spiro atoms. The van der Waals surface area contributed by atoms with Gasteiger partial charge in [-0.2, -0.15) is 0 Å². The summed E-state index contributed by atoms with van der Waals surface area (Å²) >= 11 is 0. The fraction of sp³-hybridized carbons (Fsp3) is 0.606. The number of epoxide rings is 2. The number of likely N-dealkylation sites (N-methyl/N-ethyl adjacent to an activating group) is 1. The quantitative estimate of drug-likeness (QED) is 0.307. The van der Waals surface area contributed by atoms with Crippen molar-refractivity contribution in [3.8, 4) is 11.5 Å². The van der Waals surface area contributed by atoms with Gasteiger partial charge in [-0.05, 0) is 67.6 Å². The second-order valence-corrected chi connectivity index (χ2v) is 11.8. The van der Waals surface area contributed by atoms with Crippen molar-refractivity contribution in [2.75, 3.05) is 40.0 Å². The summed E-state index contributed by atoms with van der Waals surface area (Å²) in [5, 5.41) is 11.6. The highest BCUT2D eigenvalue weighted by molar-refractivity contribution is 5.83. The molecule has 0 aromatic heterocycles. The third-order valence-corrected chi connectivity index (χ3v) is 8.62. The highest BCUT2D eigenvalue weighted by Gasteiger charge is 2.44. The molecule has 4 unspecified atom stereocenters. The summed E-state index contributed by atoms with van der Waals surface area (Å²) in [4.78, 5) is 18.0. The SMILES string of the molecule is CCCCC(CC)CN1C(=O)[C@@H](Cc2ccc(OCC3CO3)cc2)N(C)C(O)[C@@H]1Cc1ccc(OCC2CO2)cc1. The smallest absolute Gasteiger partial charge is 0.240 e. The predicted octanol–water partition coefficient (Wildman–Crippen LogP) is 4.07. The van der Waals surface area contributed by atoms with Gasteiger partial charge in [0, 0.05) is 6.54 Å². The number of carbonyl (C=O) groups is 1. The first kappa shape index (κ1) is 29.8. The summed E-state index contributed by atoms with van der Waals surface area (Å²) in [5.41, 5.74) is 2.11. The topological polar surface area (TPSA) is 87.3 Å². The van der Waals surface area contributed by atoms with Gasteiger partial charge >= 0.3 is 0 Å². The van der Waals surface area contributed by atoms with E-state index in [-0.39, 0.29) is 24.2 Å². The van der Waals surface area contributed by atoms with Crippen LogP contribution in [0.15, 0.2) is 48.5 Å². The van der Waals surface area contributed by atoms with Gasteiger partial charge < -0.3 is 29.0 Å². The number of ether oxygens (including phenoxy) is 4. The number of nitrogens with zero attached hydrogens (tertiary/aromatic N) is 2. The molecule has 3 heterocycles. The van der Waals surface area contributed by atoms with Crippen LogP contribution in [0.3, 0.4) is 0 Å². The molecule has 2 aromatic rings. The zero-order valence-electron chi connectivity index (χ0n) is 24.7. The number of piperazine rings is 1. The van der Waals surface area contributed by atoms with Crippen molar-refractivity contribution >= 4 is 5.91 Å². The molecule has 3 aliphatic rings. The zero-order valence-corrected chi connectivity index (χ0v) is 24.7. The van der Waals surface area contributed by atoms with Crippen LogP contribution in [0.1, 0.15) is 50.7 Å². The van der Waals surface area contributed by atoms with Gasteiger partial charge in [-0.3, -0.25) is 9.69 Å². The van der Waals surface area contributed by atoms with E-state index >= 15 is 0 Å². The van der Waals surface area contributed by atoms with E-state index in [4.69, 9.17) is 18.9 Å². The molecule has 0 bridgehead atoms. The van der Waals surface area contributed by atoms with Gasteiger partial charge in [0.2, 0.25) is 5.91 Å². The molecule has 3 fully saturated rings. The van der Waals surface area contributed by atoms with Gasteiger partial charge in [-0.15, -0.1) is 0 Å². The molecule has 8 heteroatoms. The summed E-state index contributed by atoms with van der Waals surface area (Å²) in [6.07, 6.45) is 5.14. The molecule has 3 saturated heterocycles. The normalized spacial score (nSPS) is 26.6. The number of unbranched alkanes of at least 4 members (excludes halogenated alkanes) is 1. The van der Waals surface area contributed by atoms with E-state index in [1.807, 2.05) is 65.4 Å². The van der Waals surface area contributed by atoms with Gasteiger partial charge in [0.05, 0.1) is 25.3 Å². The fourth-order valence-electron chi connectivity index (χ4n) is 5.63. The molecule has 1 N–H and O–H groups in total. The van der Waals surface area contributed by atoms with Crippen molar-refractivity contribution in [2.45, 2.75) is 82.9 Å². The van der Waals surface area contributed by atoms with E-state index in [0.717, 1.165) is 61.5 Å². The molecule has 0 saturated carbocycles. The van der Waals surface area contributed by atoms with Crippen LogP contribution in [0.5, 0.6) is 11.5 Å². The van der Waals surface area contributed by atoms with E-state index in [1.165, 1.54) is 0 Å². The Morgan fingerprint density at radius 2 is 1.44 bits per heavy atom. The lowest BCUT2D eigenvalue weighted by Gasteiger charge is -2.49. The van der Waals surface area contributed by atoms with Gasteiger partial charge in [-0.1, -0.05) is 57.4 Å². The van der Waals surface area contributed by atoms with Gasteiger partial charge in [-0.25, -0.2) is 0 Å². The Labute approximate surface area is 244 Å². The Bertz CT molecular complexity index is 1100. The van der Waals surface area contributed by atoms with Crippen molar-refractivity contribution in [1.82, 2.24) is 9.80 Å². The summed E-state index contributed by atoms with van der Waals surface area (Å²) in [6.45, 7) is 7.74. The summed E-state index contributed by atoms with van der Waals surface area (Å²) in [6, 6.07) is 15.2. The molecule has 1 amide bonds. The third kappa shape index (κ3) is 8.22. The van der Waals surface area contributed by atoms with Crippen LogP contribution in [0, 0.1) is 5.92 Å². The third-order valence-electron chi connectivity index (χ3n) is 8.62. The van der Waals surface area contributed by atoms with Crippen LogP contribution in [0.4, 0.5) is 0 Å². The maximum Gasteiger partial charge on any atom is 0.240 e. The summed E-state index contributed by atoms with van der Waals surface area (Å²) in [5.74, 6) is 2.10. The molecular formula is C33H46N2O6. The number of aliphatic hydroxyl groups excluding tert-OH is 1. The fourth-order valence-corrected chi connectivity index (χ4v) is 5.63. The van der Waals surface area contributed by atoms with Crippen LogP contribution in [-0.2, 0) is 27.1 Å². The average Bonchev–Trinajstić information content (AvgIpc) is 3.92. The highest BCUT2D eigenvalue weighted by Crippen LogP contribution is 2.29. The van der Waals surface area contributed by atoms with Crippen LogP contribution in [-0.4, -0.2) is 91.4 Å². The van der Waals surface area contributed by atoms with E-state index in [0.29, 0.717) is 38.5 Å². The average molecular weight is 567 g/mol. The van der Waals surface area contributed by atoms with E-state index in [9.17, 15) is 9.90 Å². The number of benzene rings is 2. The molecule has 5 rings (SSSR count). The molecule has 6 atom stereocenters. The number of carbonyl (C=O) groups excluding carboxylic acids is 1. The number of amides is 1. The van der Waals surface area contributed by atoms with Crippen molar-refractivity contribution in [3.05, 3.63) is 59.7 Å². The molecule has 0 aliphatic carbocycles. The number of aliphatic hydroxyl groups is 1. The van der Waals surface area contributed by atoms with E-state index in [1.54, 1.807) is 0 Å². The highest BCUT2D eigenvalue weighted by atomic mass is 16.6. The lowest BCUT2D eigenvalue weighted by atomic mass is 9.91. The maximum atomic E-state index is 14.2. The van der Waals surface area contributed by atoms with Crippen molar-refractivity contribution in [1.29, 1.82) is 0 Å². The lowest BCUT2D eigenvalue weighted by Crippen LogP contribution is -2.67. The van der Waals surface area contributed by atoms with E-state index < -0.39 is 12.3 Å². The van der Waals surface area contributed by atoms with Crippen molar-refractivity contribution in [3.63, 3.8) is 0 Å². The molecule has 224 valence electrons. The van der Waals surface area contributed by atoms with Crippen molar-refractivity contribution < 1.29 is 28.8 Å². The van der Waals surface area contributed by atoms with Gasteiger partial charge in [0.15, 0.2) is 0 Å². The first-order valence-electron chi connectivity index (χ1n) is 15.3. The monoisotopic (exact) mass is 566 g/mol. The molecule has 8 nitrogen and oxygen atoms in total. The van der Waals surface area contributed by atoms with Crippen LogP contribution >= 0.6 is 0 Å². The Morgan fingerprint density at radius 1 is 0.902 bits per heavy atom. The summed E-state index contributed by atoms with van der Waals surface area (Å²) < 4.78 is 22.0. The second kappa shape index (κ2) is 14.0. The molecule has 0 radical (unpaired) electrons. The minimum Gasteiger partial charge on any atom is -0.491 e. The Kier molecular flexibility index (Phi) is 10.2. The van der Waals surface area contributed by atoms with Crippen LogP contribution in [0.2, 0.25) is 0 Å². The molecule has 2 aromatic carbocycles. The Balaban J connectivity index is 1.29. The van der Waals surface area contributed by atoms with Gasteiger partial charge in [0.25, 0.3) is 0 Å². The Hall–Kier alpha value is -2.65. The van der Waals surface area contributed by atoms with Crippen LogP contribution in [0.25, 0.3) is 0 Å². The number of hydrogen-bond acceptors (Lipinski definition) is 7. The molecule has 41 heavy (non-hydrogen) atoms. The minimum atomic E-state index is -0.773.